The molecule has 2 aliphatic rings. The lowest BCUT2D eigenvalue weighted by atomic mass is 9.95. The second kappa shape index (κ2) is 26.6. The largest absolute Gasteiger partial charge is 0.459 e. The molecule has 2 aliphatic heterocycles. The molecular weight excluding hydrogens is 992 g/mol. The van der Waals surface area contributed by atoms with Crippen molar-refractivity contribution in [1.82, 2.24) is 0 Å². The van der Waals surface area contributed by atoms with Gasteiger partial charge in [0.25, 0.3) is 0 Å². The van der Waals surface area contributed by atoms with E-state index in [0.717, 1.165) is 0 Å². The Bertz CT molecular complexity index is 2810. The van der Waals surface area contributed by atoms with Gasteiger partial charge in [-0.05, 0) is 77.8 Å². The van der Waals surface area contributed by atoms with Crippen LogP contribution in [0.4, 0.5) is 0 Å². The summed E-state index contributed by atoms with van der Waals surface area (Å²) in [4.78, 5) is 82.5. The van der Waals surface area contributed by atoms with Gasteiger partial charge >= 0.3 is 29.8 Å². The lowest BCUT2D eigenvalue weighted by Crippen LogP contribution is -2.67. The number of ether oxygens (including phenoxy) is 11. The van der Waals surface area contributed by atoms with E-state index in [2.05, 4.69) is 0 Å². The molecule has 18 heteroatoms. The summed E-state index contributed by atoms with van der Waals surface area (Å²) in [6.07, 6.45) is -15.9. The predicted octanol–water partition coefficient (Wildman–Crippen LogP) is 7.59. The Morgan fingerprint density at radius 2 is 0.800 bits per heavy atom. The number of halogens is 1. The van der Waals surface area contributed by atoms with E-state index in [9.17, 15) is 28.8 Å². The molecule has 0 radical (unpaired) electrons. The van der Waals surface area contributed by atoms with Crippen molar-refractivity contribution in [2.75, 3.05) is 26.9 Å². The molecule has 0 saturated carbocycles. The number of esters is 5. The van der Waals surface area contributed by atoms with E-state index in [4.69, 9.17) is 63.7 Å². The van der Waals surface area contributed by atoms with Crippen LogP contribution in [0.25, 0.3) is 0 Å². The van der Waals surface area contributed by atoms with Gasteiger partial charge in [-0.15, -0.1) is 0 Å². The summed E-state index contributed by atoms with van der Waals surface area (Å²) in [5, 5.41) is -0.859. The van der Waals surface area contributed by atoms with Crippen LogP contribution in [-0.4, -0.2) is 123 Å². The topological polar surface area (TPSA) is 204 Å². The summed E-state index contributed by atoms with van der Waals surface area (Å²) in [5.41, 5.74) is 1.29. The second-order valence-corrected chi connectivity index (χ2v) is 17.4. The first-order valence-corrected chi connectivity index (χ1v) is 24.1. The molecule has 17 nitrogen and oxygen atoms in total. The molecule has 0 amide bonds. The first kappa shape index (κ1) is 53.7. The van der Waals surface area contributed by atoms with Crippen molar-refractivity contribution in [3.8, 4) is 0 Å². The SMILES string of the molecule is CO[C@H]1O[C@H](COC(=O)c2ccccc2)[C@@H](O[C@@H]2O[C@H](COCC(=O)Cl)[C@H](OC(=O)c3ccccc3)[C@H](OCc3ccccc3)[C@H]2OC(=O)c2ccccc2)[C@H](OC(=O)c2ccccc2)[C@@H]1OC(=O)c1ccccc1. The summed E-state index contributed by atoms with van der Waals surface area (Å²) in [6, 6.07) is 48.9. The highest BCUT2D eigenvalue weighted by molar-refractivity contribution is 6.63. The Balaban J connectivity index is 1.26. The molecule has 6 aromatic rings. The van der Waals surface area contributed by atoms with Gasteiger partial charge in [0.15, 0.2) is 37.0 Å². The highest BCUT2D eigenvalue weighted by Crippen LogP contribution is 2.37. The van der Waals surface area contributed by atoms with Gasteiger partial charge < -0.3 is 52.1 Å². The smallest absolute Gasteiger partial charge is 0.338 e. The van der Waals surface area contributed by atoms with E-state index < -0.39 is 116 Å². The van der Waals surface area contributed by atoms with E-state index in [1.54, 1.807) is 115 Å². The summed E-state index contributed by atoms with van der Waals surface area (Å²) >= 11 is 5.73. The van der Waals surface area contributed by atoms with Gasteiger partial charge in [0.1, 0.15) is 37.6 Å². The average Bonchev–Trinajstić information content (AvgIpc) is 3.45. The maximum Gasteiger partial charge on any atom is 0.338 e. The zero-order valence-corrected chi connectivity index (χ0v) is 41.0. The van der Waals surface area contributed by atoms with Gasteiger partial charge in [-0.2, -0.15) is 0 Å². The summed E-state index contributed by atoms with van der Waals surface area (Å²) < 4.78 is 69.2. The molecule has 388 valence electrons. The fraction of sp³-hybridized carbons (Fsp3) is 0.263. The molecule has 0 bridgehead atoms. The van der Waals surface area contributed by atoms with E-state index in [1.807, 2.05) is 6.07 Å². The Labute approximate surface area is 436 Å². The molecule has 0 aliphatic carbocycles. The first-order valence-electron chi connectivity index (χ1n) is 23.7. The van der Waals surface area contributed by atoms with Crippen LogP contribution in [0.2, 0.25) is 0 Å². The van der Waals surface area contributed by atoms with E-state index >= 15 is 0 Å². The van der Waals surface area contributed by atoms with Crippen molar-refractivity contribution >= 4 is 46.7 Å². The highest BCUT2D eigenvalue weighted by atomic mass is 35.5. The van der Waals surface area contributed by atoms with Crippen molar-refractivity contribution < 1.29 is 80.9 Å². The van der Waals surface area contributed by atoms with Gasteiger partial charge in [-0.3, -0.25) is 4.79 Å². The number of benzene rings is 6. The summed E-state index contributed by atoms with van der Waals surface area (Å²) in [5.74, 6) is -4.26. The monoisotopic (exact) mass is 1040 g/mol. The number of rotatable bonds is 21. The number of methoxy groups -OCH3 is 1. The maximum atomic E-state index is 14.4. The summed E-state index contributed by atoms with van der Waals surface area (Å²) in [7, 11) is 1.27. The number of carbonyl (C=O) groups is 6. The lowest BCUT2D eigenvalue weighted by molar-refractivity contribution is -0.358. The van der Waals surface area contributed by atoms with E-state index in [1.165, 1.54) is 67.8 Å². The third-order valence-electron chi connectivity index (χ3n) is 11.9. The third kappa shape index (κ3) is 14.4. The van der Waals surface area contributed by atoms with Gasteiger partial charge in [-0.1, -0.05) is 121 Å². The van der Waals surface area contributed by atoms with Crippen LogP contribution in [0, 0.1) is 0 Å². The third-order valence-corrected chi connectivity index (χ3v) is 12.0. The number of carbonyl (C=O) groups excluding carboxylic acids is 6. The number of hydrogen-bond donors (Lipinski definition) is 0. The standard InChI is InChI=1S/C57H51ClO17/c1-65-56-50(74-55(64)41-30-18-7-19-31-41)48(72-53(62)39-26-14-5-15-27-39)46(43(69-56)34-68-51(60)37-22-10-3-11-23-37)75-57-49(73-54(63)40-28-16-6-17-29-40)47(67-32-36-20-8-2-9-21-36)45(42(70-57)33-66-35-44(58)59)71-52(61)38-24-12-4-13-25-38/h2-31,42-43,45-50,56-57H,32-35H2,1H3/t42-,43-,45+,46-,47+,48+,49-,50+,56+,57+/m1/s1. The fourth-order valence-corrected chi connectivity index (χ4v) is 8.34. The molecule has 8 rings (SSSR count). The predicted molar refractivity (Wildman–Crippen MR) is 265 cm³/mol. The minimum absolute atomic E-state index is 0.0870. The van der Waals surface area contributed by atoms with Crippen LogP contribution >= 0.6 is 11.6 Å². The molecular formula is C57H51ClO17. The Morgan fingerprint density at radius 1 is 0.427 bits per heavy atom. The highest BCUT2D eigenvalue weighted by Gasteiger charge is 2.57. The zero-order valence-electron chi connectivity index (χ0n) is 40.2. The lowest BCUT2D eigenvalue weighted by Gasteiger charge is -2.49. The van der Waals surface area contributed by atoms with Crippen molar-refractivity contribution in [1.29, 1.82) is 0 Å². The van der Waals surface area contributed by atoms with Gasteiger partial charge in [0.05, 0.1) is 41.0 Å². The quantitative estimate of drug-likeness (QED) is 0.0387. The molecule has 2 heterocycles. The zero-order chi connectivity index (χ0) is 52.5. The summed E-state index contributed by atoms with van der Waals surface area (Å²) in [6.45, 7) is -1.86. The van der Waals surface area contributed by atoms with Crippen molar-refractivity contribution in [3.63, 3.8) is 0 Å². The van der Waals surface area contributed by atoms with Gasteiger partial charge in [0.2, 0.25) is 5.24 Å². The molecule has 2 saturated heterocycles. The Kier molecular flexibility index (Phi) is 19.0. The molecule has 75 heavy (non-hydrogen) atoms. The average molecular weight is 1040 g/mol. The molecule has 0 N–H and O–H groups in total. The van der Waals surface area contributed by atoms with E-state index in [0.29, 0.717) is 5.56 Å². The second-order valence-electron chi connectivity index (χ2n) is 17.0. The van der Waals surface area contributed by atoms with Crippen molar-refractivity contribution in [2.24, 2.45) is 0 Å². The van der Waals surface area contributed by atoms with Gasteiger partial charge in [-0.25, -0.2) is 24.0 Å². The molecule has 0 aromatic heterocycles. The fourth-order valence-electron chi connectivity index (χ4n) is 8.26. The minimum atomic E-state index is -1.84. The normalized spacial score (nSPS) is 23.2. The molecule has 0 unspecified atom stereocenters. The maximum absolute atomic E-state index is 14.4. The molecule has 0 spiro atoms. The molecule has 2 fully saturated rings. The van der Waals surface area contributed by atoms with Crippen LogP contribution < -0.4 is 0 Å². The van der Waals surface area contributed by atoms with Crippen molar-refractivity contribution in [2.45, 2.75) is 68.0 Å². The molecule has 10 atom stereocenters. The first-order chi connectivity index (χ1) is 36.6. The molecule has 6 aromatic carbocycles. The van der Waals surface area contributed by atoms with Crippen LogP contribution in [0.15, 0.2) is 182 Å². The van der Waals surface area contributed by atoms with Crippen LogP contribution in [-0.2, 0) is 63.5 Å². The van der Waals surface area contributed by atoms with Crippen LogP contribution in [0.1, 0.15) is 57.4 Å². The van der Waals surface area contributed by atoms with Crippen molar-refractivity contribution in [3.05, 3.63) is 215 Å². The Morgan fingerprint density at radius 3 is 1.24 bits per heavy atom. The van der Waals surface area contributed by atoms with Crippen LogP contribution in [0.3, 0.4) is 0 Å². The van der Waals surface area contributed by atoms with Gasteiger partial charge in [0, 0.05) is 7.11 Å². The van der Waals surface area contributed by atoms with Crippen LogP contribution in [0.5, 0.6) is 0 Å². The van der Waals surface area contributed by atoms with E-state index in [-0.39, 0.29) is 34.4 Å². The number of hydrogen-bond acceptors (Lipinski definition) is 17. The Hall–Kier alpha value is -7.61. The minimum Gasteiger partial charge on any atom is -0.459 e.